The normalized spacial score (nSPS) is 16.6. The third kappa shape index (κ3) is 3.50. The number of nitrogens with one attached hydrogen (secondary N) is 2. The third-order valence-electron chi connectivity index (χ3n) is 5.89. The topological polar surface area (TPSA) is 90.9 Å². The van der Waals surface area contributed by atoms with Gasteiger partial charge < -0.3 is 21.4 Å². The van der Waals surface area contributed by atoms with Gasteiger partial charge in [0.15, 0.2) is 0 Å². The highest BCUT2D eigenvalue weighted by molar-refractivity contribution is 6.04. The van der Waals surface area contributed by atoms with E-state index in [1.807, 2.05) is 0 Å². The lowest BCUT2D eigenvalue weighted by atomic mass is 9.93. The third-order valence-corrected chi connectivity index (χ3v) is 5.89. The standard InChI is InChI=1S/C23H28N6/c1-14-7-6-8-17-11-19(29(16(3)20(14)17)18-9-4-5-10-18)12-26-23-21(15(2)24)22(25)27-13-28-23/h6-8,11,13,18,24H,3-5,9-10,12H2,1-2H3,(H3,25,26,27,28). The minimum Gasteiger partial charge on any atom is -0.383 e. The fraction of sp³-hybridized carbons (Fsp3) is 0.348. The van der Waals surface area contributed by atoms with E-state index in [0.29, 0.717) is 35.5 Å². The van der Waals surface area contributed by atoms with Crippen LogP contribution in [0.1, 0.15) is 54.9 Å². The molecule has 2 aliphatic rings. The van der Waals surface area contributed by atoms with Gasteiger partial charge in [0.1, 0.15) is 18.0 Å². The maximum Gasteiger partial charge on any atom is 0.140 e. The molecule has 0 amide bonds. The van der Waals surface area contributed by atoms with E-state index in [0.717, 1.165) is 5.70 Å². The highest BCUT2D eigenvalue weighted by Gasteiger charge is 2.31. The summed E-state index contributed by atoms with van der Waals surface area (Å²) in [6.07, 6.45) is 8.58. The summed E-state index contributed by atoms with van der Waals surface area (Å²) in [5.74, 6) is 0.920. The number of hydrogen-bond donors (Lipinski definition) is 3. The highest BCUT2D eigenvalue weighted by Crippen LogP contribution is 2.39. The van der Waals surface area contributed by atoms with Crippen molar-refractivity contribution in [3.05, 3.63) is 59.1 Å². The van der Waals surface area contributed by atoms with Crippen LogP contribution in [0.25, 0.3) is 11.8 Å². The van der Waals surface area contributed by atoms with Crippen LogP contribution in [0.3, 0.4) is 0 Å². The van der Waals surface area contributed by atoms with Crippen molar-refractivity contribution in [3.8, 4) is 0 Å². The van der Waals surface area contributed by atoms with E-state index in [1.54, 1.807) is 6.92 Å². The molecule has 29 heavy (non-hydrogen) atoms. The molecule has 2 aromatic rings. The molecule has 1 saturated carbocycles. The van der Waals surface area contributed by atoms with E-state index < -0.39 is 0 Å². The first kappa shape index (κ1) is 19.2. The van der Waals surface area contributed by atoms with Crippen LogP contribution in [0.4, 0.5) is 11.6 Å². The number of hydrogen-bond acceptors (Lipinski definition) is 6. The predicted octanol–water partition coefficient (Wildman–Crippen LogP) is 4.44. The molecule has 1 aromatic carbocycles. The first-order chi connectivity index (χ1) is 14.0. The molecular formula is C23H28N6. The average Bonchev–Trinajstić information content (AvgIpc) is 3.20. The summed E-state index contributed by atoms with van der Waals surface area (Å²) < 4.78 is 0. The minimum absolute atomic E-state index is 0.325. The number of rotatable bonds is 5. The first-order valence-electron chi connectivity index (χ1n) is 10.2. The molecule has 6 heteroatoms. The Labute approximate surface area is 172 Å². The maximum absolute atomic E-state index is 8.03. The Kier molecular flexibility index (Phi) is 5.09. The van der Waals surface area contributed by atoms with Crippen molar-refractivity contribution in [2.24, 2.45) is 0 Å². The SMILES string of the molecule is C=C1c2c(C)cccc2C=C(CNc2ncnc(N)c2C(C)=N)N1C1CCCC1. The summed E-state index contributed by atoms with van der Waals surface area (Å²) in [5.41, 5.74) is 12.8. The van der Waals surface area contributed by atoms with Crippen molar-refractivity contribution in [1.29, 1.82) is 5.41 Å². The number of anilines is 2. The summed E-state index contributed by atoms with van der Waals surface area (Å²) in [6.45, 7) is 8.92. The summed E-state index contributed by atoms with van der Waals surface area (Å²) >= 11 is 0. The van der Waals surface area contributed by atoms with Crippen LogP contribution in [0.15, 0.2) is 36.8 Å². The van der Waals surface area contributed by atoms with Crippen LogP contribution >= 0.6 is 0 Å². The van der Waals surface area contributed by atoms with Crippen LogP contribution in [-0.4, -0.2) is 33.2 Å². The minimum atomic E-state index is 0.325. The molecule has 1 aliphatic heterocycles. The van der Waals surface area contributed by atoms with Crippen LogP contribution in [0, 0.1) is 12.3 Å². The molecule has 1 aromatic heterocycles. The van der Waals surface area contributed by atoms with Gasteiger partial charge in [0.05, 0.1) is 12.1 Å². The molecule has 6 nitrogen and oxygen atoms in total. The zero-order chi connectivity index (χ0) is 20.5. The molecule has 1 fully saturated rings. The van der Waals surface area contributed by atoms with Crippen molar-refractivity contribution >= 4 is 29.1 Å². The number of nitrogen functional groups attached to an aromatic ring is 1. The van der Waals surface area contributed by atoms with Gasteiger partial charge in [0.25, 0.3) is 0 Å². The summed E-state index contributed by atoms with van der Waals surface area (Å²) in [6, 6.07) is 6.87. The van der Waals surface area contributed by atoms with Crippen molar-refractivity contribution < 1.29 is 0 Å². The monoisotopic (exact) mass is 388 g/mol. The zero-order valence-corrected chi connectivity index (χ0v) is 17.1. The quantitative estimate of drug-likeness (QED) is 0.659. The summed E-state index contributed by atoms with van der Waals surface area (Å²) in [4.78, 5) is 10.8. The number of aromatic nitrogens is 2. The molecule has 0 radical (unpaired) electrons. The van der Waals surface area contributed by atoms with E-state index in [1.165, 1.54) is 54.4 Å². The predicted molar refractivity (Wildman–Crippen MR) is 120 cm³/mol. The van der Waals surface area contributed by atoms with E-state index in [2.05, 4.69) is 58.0 Å². The van der Waals surface area contributed by atoms with Gasteiger partial charge >= 0.3 is 0 Å². The van der Waals surface area contributed by atoms with Gasteiger partial charge in [-0.3, -0.25) is 0 Å². The van der Waals surface area contributed by atoms with Crippen LogP contribution in [0.5, 0.6) is 0 Å². The lowest BCUT2D eigenvalue weighted by Crippen LogP contribution is -2.36. The summed E-state index contributed by atoms with van der Waals surface area (Å²) in [7, 11) is 0. The van der Waals surface area contributed by atoms with Crippen LogP contribution in [0.2, 0.25) is 0 Å². The maximum atomic E-state index is 8.03. The Hall–Kier alpha value is -3.15. The second-order valence-corrected chi connectivity index (χ2v) is 7.89. The fourth-order valence-corrected chi connectivity index (χ4v) is 4.58. The van der Waals surface area contributed by atoms with Gasteiger partial charge in [0.2, 0.25) is 0 Å². The molecule has 150 valence electrons. The highest BCUT2D eigenvalue weighted by atomic mass is 15.2. The lowest BCUT2D eigenvalue weighted by molar-refractivity contribution is 0.360. The Balaban J connectivity index is 1.70. The van der Waals surface area contributed by atoms with Gasteiger partial charge in [-0.2, -0.15) is 0 Å². The molecule has 0 atom stereocenters. The van der Waals surface area contributed by atoms with Gasteiger partial charge in [0, 0.05) is 28.7 Å². The number of nitrogens with two attached hydrogens (primary N) is 1. The zero-order valence-electron chi connectivity index (χ0n) is 17.1. The Morgan fingerprint density at radius 3 is 2.79 bits per heavy atom. The molecule has 4 N–H and O–H groups in total. The molecule has 1 aliphatic carbocycles. The Morgan fingerprint density at radius 2 is 2.07 bits per heavy atom. The van der Waals surface area contributed by atoms with Gasteiger partial charge in [-0.1, -0.05) is 37.6 Å². The van der Waals surface area contributed by atoms with E-state index in [4.69, 9.17) is 11.1 Å². The van der Waals surface area contributed by atoms with Crippen LogP contribution < -0.4 is 11.1 Å². The summed E-state index contributed by atoms with van der Waals surface area (Å²) in [5, 5.41) is 11.4. The van der Waals surface area contributed by atoms with Crippen molar-refractivity contribution in [1.82, 2.24) is 14.9 Å². The molecule has 0 unspecified atom stereocenters. The molecule has 2 heterocycles. The van der Waals surface area contributed by atoms with Gasteiger partial charge in [-0.05, 0) is 43.9 Å². The van der Waals surface area contributed by atoms with Crippen molar-refractivity contribution in [3.63, 3.8) is 0 Å². The smallest absolute Gasteiger partial charge is 0.140 e. The lowest BCUT2D eigenvalue weighted by Gasteiger charge is -2.39. The van der Waals surface area contributed by atoms with Gasteiger partial charge in [-0.25, -0.2) is 9.97 Å². The Bertz CT molecular complexity index is 1000. The number of fused-ring (bicyclic) bond motifs is 1. The van der Waals surface area contributed by atoms with Crippen molar-refractivity contribution in [2.45, 2.75) is 45.6 Å². The van der Waals surface area contributed by atoms with E-state index in [-0.39, 0.29) is 0 Å². The van der Waals surface area contributed by atoms with Crippen LogP contribution in [-0.2, 0) is 0 Å². The fourth-order valence-electron chi connectivity index (χ4n) is 4.58. The Morgan fingerprint density at radius 1 is 1.31 bits per heavy atom. The van der Waals surface area contributed by atoms with Gasteiger partial charge in [-0.15, -0.1) is 0 Å². The molecule has 0 bridgehead atoms. The molecule has 0 spiro atoms. The molecule has 0 saturated heterocycles. The molecule has 4 rings (SSSR count). The number of nitrogens with zero attached hydrogens (tertiary/aromatic N) is 3. The number of aryl methyl sites for hydroxylation is 1. The van der Waals surface area contributed by atoms with Crippen molar-refractivity contribution in [2.75, 3.05) is 17.6 Å². The average molecular weight is 389 g/mol. The molecular weight excluding hydrogens is 360 g/mol. The second-order valence-electron chi connectivity index (χ2n) is 7.89. The number of benzene rings is 1. The van der Waals surface area contributed by atoms with E-state index >= 15 is 0 Å². The van der Waals surface area contributed by atoms with E-state index in [9.17, 15) is 0 Å². The second kappa shape index (κ2) is 7.70. The first-order valence-corrected chi connectivity index (χ1v) is 10.2. The largest absolute Gasteiger partial charge is 0.383 e.